The average Bonchev–Trinajstić information content (AvgIpc) is 2.35. The number of nitrogens with two attached hydrogens (primary N) is 4. The molecule has 0 aromatic rings. The minimum atomic E-state index is 0.286. The van der Waals surface area contributed by atoms with Crippen LogP contribution in [0.1, 0.15) is 71.6 Å². The van der Waals surface area contributed by atoms with Crippen LogP contribution in [0.25, 0.3) is 0 Å². The lowest BCUT2D eigenvalue weighted by Crippen LogP contribution is -2.27. The van der Waals surface area contributed by atoms with Crippen molar-refractivity contribution in [3.63, 3.8) is 0 Å². The van der Waals surface area contributed by atoms with E-state index in [-0.39, 0.29) is 6.04 Å². The van der Waals surface area contributed by atoms with E-state index >= 15 is 0 Å². The molecular weight excluding hydrogens is 236 g/mol. The predicted octanol–water partition coefficient (Wildman–Crippen LogP) is 1.85. The summed E-state index contributed by atoms with van der Waals surface area (Å²) < 4.78 is 0. The topological polar surface area (TPSA) is 104 Å². The standard InChI is InChI=1S/C15H36N4/c1-3-13(17)10-11-15(19)9-5-8-14(18)7-4-6-12(2)16/h12-15H,3-11,16-19H2,1-2H3/t12-,13?,14?,15?/m0/s1. The lowest BCUT2D eigenvalue weighted by molar-refractivity contribution is 0.446. The van der Waals surface area contributed by atoms with Crippen LogP contribution in [-0.4, -0.2) is 24.2 Å². The molecule has 0 aromatic carbocycles. The van der Waals surface area contributed by atoms with Crippen molar-refractivity contribution in [2.75, 3.05) is 0 Å². The average molecular weight is 272 g/mol. The monoisotopic (exact) mass is 272 g/mol. The van der Waals surface area contributed by atoms with Crippen molar-refractivity contribution in [2.45, 2.75) is 95.8 Å². The summed E-state index contributed by atoms with van der Waals surface area (Å²) in [7, 11) is 0. The molecule has 19 heavy (non-hydrogen) atoms. The molecule has 0 fully saturated rings. The van der Waals surface area contributed by atoms with Crippen molar-refractivity contribution in [3.8, 4) is 0 Å². The first-order valence-corrected chi connectivity index (χ1v) is 7.98. The Morgan fingerprint density at radius 3 is 1.53 bits per heavy atom. The Labute approximate surface area is 119 Å². The first-order valence-electron chi connectivity index (χ1n) is 7.98. The van der Waals surface area contributed by atoms with Crippen LogP contribution in [0, 0.1) is 0 Å². The van der Waals surface area contributed by atoms with E-state index in [0.717, 1.165) is 57.8 Å². The smallest absolute Gasteiger partial charge is 0.00394 e. The fraction of sp³-hybridized carbons (Fsp3) is 1.00. The Hall–Kier alpha value is -0.160. The van der Waals surface area contributed by atoms with Crippen LogP contribution in [0.4, 0.5) is 0 Å². The van der Waals surface area contributed by atoms with Crippen molar-refractivity contribution < 1.29 is 0 Å². The summed E-state index contributed by atoms with van der Waals surface area (Å²) in [6, 6.07) is 1.20. The van der Waals surface area contributed by atoms with Gasteiger partial charge >= 0.3 is 0 Å². The minimum absolute atomic E-state index is 0.286. The molecule has 0 heterocycles. The van der Waals surface area contributed by atoms with Gasteiger partial charge in [-0.25, -0.2) is 0 Å². The van der Waals surface area contributed by atoms with Crippen molar-refractivity contribution in [2.24, 2.45) is 22.9 Å². The first kappa shape index (κ1) is 18.8. The van der Waals surface area contributed by atoms with E-state index in [9.17, 15) is 0 Å². The Kier molecular flexibility index (Phi) is 11.6. The largest absolute Gasteiger partial charge is 0.328 e. The maximum absolute atomic E-state index is 6.09. The van der Waals surface area contributed by atoms with E-state index in [1.165, 1.54) is 0 Å². The van der Waals surface area contributed by atoms with Crippen LogP contribution in [0.15, 0.2) is 0 Å². The molecular formula is C15H36N4. The molecule has 8 N–H and O–H groups in total. The predicted molar refractivity (Wildman–Crippen MR) is 84.8 cm³/mol. The lowest BCUT2D eigenvalue weighted by atomic mass is 9.98. The van der Waals surface area contributed by atoms with Crippen molar-refractivity contribution in [3.05, 3.63) is 0 Å². The molecule has 0 radical (unpaired) electrons. The zero-order valence-corrected chi connectivity index (χ0v) is 13.0. The zero-order chi connectivity index (χ0) is 14.7. The van der Waals surface area contributed by atoms with Crippen LogP contribution in [0.3, 0.4) is 0 Å². The van der Waals surface area contributed by atoms with Crippen LogP contribution in [0.5, 0.6) is 0 Å². The molecule has 0 aliphatic rings. The van der Waals surface area contributed by atoms with E-state index in [0.29, 0.717) is 18.1 Å². The molecule has 4 atom stereocenters. The van der Waals surface area contributed by atoms with Gasteiger partial charge in [-0.3, -0.25) is 0 Å². The third kappa shape index (κ3) is 12.6. The summed E-state index contributed by atoms with van der Waals surface area (Å²) in [5, 5.41) is 0. The molecule has 0 amide bonds. The van der Waals surface area contributed by atoms with Gasteiger partial charge in [0, 0.05) is 24.2 Å². The normalized spacial score (nSPS) is 18.0. The van der Waals surface area contributed by atoms with Gasteiger partial charge in [0.2, 0.25) is 0 Å². The first-order chi connectivity index (χ1) is 8.95. The molecule has 0 saturated heterocycles. The second-order valence-electron chi connectivity index (χ2n) is 6.10. The van der Waals surface area contributed by atoms with Crippen LogP contribution >= 0.6 is 0 Å². The molecule has 116 valence electrons. The van der Waals surface area contributed by atoms with Gasteiger partial charge in [-0.15, -0.1) is 0 Å². The van der Waals surface area contributed by atoms with Gasteiger partial charge < -0.3 is 22.9 Å². The van der Waals surface area contributed by atoms with Crippen LogP contribution in [0.2, 0.25) is 0 Å². The van der Waals surface area contributed by atoms with Crippen molar-refractivity contribution in [1.29, 1.82) is 0 Å². The van der Waals surface area contributed by atoms with Crippen LogP contribution < -0.4 is 22.9 Å². The minimum Gasteiger partial charge on any atom is -0.328 e. The van der Waals surface area contributed by atoms with Gasteiger partial charge in [-0.2, -0.15) is 0 Å². The van der Waals surface area contributed by atoms with E-state index in [2.05, 4.69) is 6.92 Å². The molecule has 0 aromatic heterocycles. The highest BCUT2D eigenvalue weighted by Crippen LogP contribution is 2.11. The summed E-state index contributed by atoms with van der Waals surface area (Å²) in [6.45, 7) is 4.17. The molecule has 4 nitrogen and oxygen atoms in total. The lowest BCUT2D eigenvalue weighted by Gasteiger charge is -2.16. The van der Waals surface area contributed by atoms with Gasteiger partial charge in [0.15, 0.2) is 0 Å². The summed E-state index contributed by atoms with van der Waals surface area (Å²) >= 11 is 0. The Morgan fingerprint density at radius 1 is 0.632 bits per heavy atom. The highest BCUT2D eigenvalue weighted by molar-refractivity contribution is 4.69. The summed E-state index contributed by atoms with van der Waals surface area (Å²) in [4.78, 5) is 0. The molecule has 0 aliphatic carbocycles. The second-order valence-corrected chi connectivity index (χ2v) is 6.10. The second kappa shape index (κ2) is 11.6. The van der Waals surface area contributed by atoms with Gasteiger partial charge in [-0.1, -0.05) is 19.8 Å². The molecule has 0 aliphatic heterocycles. The highest BCUT2D eigenvalue weighted by atomic mass is 14.7. The molecule has 0 spiro atoms. The fourth-order valence-electron chi connectivity index (χ4n) is 2.27. The maximum atomic E-state index is 6.09. The van der Waals surface area contributed by atoms with Crippen molar-refractivity contribution >= 4 is 0 Å². The third-order valence-corrected chi connectivity index (χ3v) is 3.82. The quantitative estimate of drug-likeness (QED) is 0.435. The zero-order valence-electron chi connectivity index (χ0n) is 13.0. The van der Waals surface area contributed by atoms with Gasteiger partial charge in [-0.05, 0) is 51.9 Å². The molecule has 0 rings (SSSR count). The SMILES string of the molecule is CCC(N)CCC(N)CCCC(N)CCC[C@H](C)N. The summed E-state index contributed by atoms with van der Waals surface area (Å²) in [5.74, 6) is 0. The molecule has 0 saturated carbocycles. The highest BCUT2D eigenvalue weighted by Gasteiger charge is 2.08. The number of rotatable bonds is 12. The van der Waals surface area contributed by atoms with E-state index < -0.39 is 0 Å². The van der Waals surface area contributed by atoms with Gasteiger partial charge in [0.1, 0.15) is 0 Å². The summed E-state index contributed by atoms with van der Waals surface area (Å²) in [6.07, 6.45) is 9.67. The maximum Gasteiger partial charge on any atom is 0.00394 e. The van der Waals surface area contributed by atoms with E-state index in [4.69, 9.17) is 22.9 Å². The number of hydrogen-bond donors (Lipinski definition) is 4. The summed E-state index contributed by atoms with van der Waals surface area (Å²) in [5.41, 5.74) is 23.8. The molecule has 4 heteroatoms. The Bertz CT molecular complexity index is 197. The Balaban J connectivity index is 3.45. The Morgan fingerprint density at radius 2 is 1.05 bits per heavy atom. The fourth-order valence-corrected chi connectivity index (χ4v) is 2.27. The van der Waals surface area contributed by atoms with E-state index in [1.54, 1.807) is 0 Å². The van der Waals surface area contributed by atoms with Crippen LogP contribution in [-0.2, 0) is 0 Å². The number of hydrogen-bond acceptors (Lipinski definition) is 4. The van der Waals surface area contributed by atoms with E-state index in [1.807, 2.05) is 6.92 Å². The molecule has 3 unspecified atom stereocenters. The third-order valence-electron chi connectivity index (χ3n) is 3.82. The van der Waals surface area contributed by atoms with Gasteiger partial charge in [0.25, 0.3) is 0 Å². The molecule has 0 bridgehead atoms. The van der Waals surface area contributed by atoms with Gasteiger partial charge in [0.05, 0.1) is 0 Å². The van der Waals surface area contributed by atoms with Crippen molar-refractivity contribution in [1.82, 2.24) is 0 Å².